The van der Waals surface area contributed by atoms with Gasteiger partial charge in [0.05, 0.1) is 18.4 Å². The average molecular weight is 329 g/mol. The monoisotopic (exact) mass is 328 g/mol. The minimum Gasteiger partial charge on any atom is -0.378 e. The van der Waals surface area contributed by atoms with Crippen LogP contribution in [0, 0.1) is 0 Å². The number of aromatic nitrogens is 2. The predicted molar refractivity (Wildman–Crippen MR) is 80.6 cm³/mol. The summed E-state index contributed by atoms with van der Waals surface area (Å²) >= 11 is 3.39. The van der Waals surface area contributed by atoms with E-state index in [1.165, 1.54) is 11.1 Å². The van der Waals surface area contributed by atoms with Crippen LogP contribution in [0.15, 0.2) is 15.5 Å². The van der Waals surface area contributed by atoms with E-state index >= 15 is 0 Å². The van der Waals surface area contributed by atoms with Crippen molar-refractivity contribution >= 4 is 21.6 Å². The quantitative estimate of drug-likeness (QED) is 0.897. The maximum atomic E-state index is 12.2. The molecular formula is C13H21BrN4O. The zero-order valence-corrected chi connectivity index (χ0v) is 13.3. The third-order valence-corrected chi connectivity index (χ3v) is 4.40. The third-order valence-electron chi connectivity index (χ3n) is 3.64. The van der Waals surface area contributed by atoms with Crippen molar-refractivity contribution in [2.24, 2.45) is 0 Å². The molecule has 0 amide bonds. The van der Waals surface area contributed by atoms with Crippen LogP contribution in [0.2, 0.25) is 0 Å². The first-order valence-corrected chi connectivity index (χ1v) is 7.39. The van der Waals surface area contributed by atoms with E-state index in [1.807, 2.05) is 19.0 Å². The summed E-state index contributed by atoms with van der Waals surface area (Å²) in [6, 6.07) is 0. The number of hydrogen-bond acceptors (Lipinski definition) is 4. The van der Waals surface area contributed by atoms with E-state index in [0.717, 1.165) is 25.1 Å². The first kappa shape index (κ1) is 14.5. The Hall–Kier alpha value is -0.880. The van der Waals surface area contributed by atoms with Gasteiger partial charge in [-0.05, 0) is 56.2 Å². The molecule has 5 nitrogen and oxygen atoms in total. The topological polar surface area (TPSA) is 50.2 Å². The molecule has 0 radical (unpaired) electrons. The fourth-order valence-corrected chi connectivity index (χ4v) is 2.57. The Morgan fingerprint density at radius 3 is 2.74 bits per heavy atom. The lowest BCUT2D eigenvalue weighted by atomic mass is 9.78. The first-order chi connectivity index (χ1) is 8.91. The molecule has 2 rings (SSSR count). The maximum Gasteiger partial charge on any atom is 0.283 e. The molecule has 1 aliphatic rings. The summed E-state index contributed by atoms with van der Waals surface area (Å²) < 4.78 is 2.08. The van der Waals surface area contributed by atoms with Gasteiger partial charge in [-0.2, -0.15) is 5.10 Å². The van der Waals surface area contributed by atoms with Crippen molar-refractivity contribution in [1.82, 2.24) is 14.7 Å². The lowest BCUT2D eigenvalue weighted by Crippen LogP contribution is -2.42. The van der Waals surface area contributed by atoms with Gasteiger partial charge in [-0.15, -0.1) is 0 Å². The van der Waals surface area contributed by atoms with Crippen molar-refractivity contribution < 1.29 is 0 Å². The molecule has 1 saturated carbocycles. The van der Waals surface area contributed by atoms with E-state index in [9.17, 15) is 4.79 Å². The Bertz CT molecular complexity index is 508. The summed E-state index contributed by atoms with van der Waals surface area (Å²) in [5, 5.41) is 7.66. The minimum absolute atomic E-state index is 0.0743. The SMILES string of the molecule is CN(C)CCn1ncc(NC2(C)CCC2)c(Br)c1=O. The highest BCUT2D eigenvalue weighted by molar-refractivity contribution is 9.10. The van der Waals surface area contributed by atoms with E-state index in [2.05, 4.69) is 33.3 Å². The molecule has 1 aromatic heterocycles. The minimum atomic E-state index is -0.0743. The molecule has 1 aliphatic carbocycles. The molecule has 0 atom stereocenters. The highest BCUT2D eigenvalue weighted by atomic mass is 79.9. The zero-order chi connectivity index (χ0) is 14.0. The third kappa shape index (κ3) is 3.36. The van der Waals surface area contributed by atoms with Gasteiger partial charge in [0.15, 0.2) is 0 Å². The second kappa shape index (κ2) is 5.63. The number of hydrogen-bond donors (Lipinski definition) is 1. The smallest absolute Gasteiger partial charge is 0.283 e. The Labute approximate surface area is 122 Å². The number of nitrogens with zero attached hydrogens (tertiary/aromatic N) is 3. The van der Waals surface area contributed by atoms with Crippen LogP contribution < -0.4 is 10.9 Å². The molecule has 1 N–H and O–H groups in total. The molecule has 0 aromatic carbocycles. The van der Waals surface area contributed by atoms with E-state index in [1.54, 1.807) is 6.20 Å². The molecule has 1 aromatic rings. The number of anilines is 1. The average Bonchev–Trinajstić information content (AvgIpc) is 2.32. The summed E-state index contributed by atoms with van der Waals surface area (Å²) in [5.74, 6) is 0. The van der Waals surface area contributed by atoms with Crippen LogP contribution in [0.4, 0.5) is 5.69 Å². The molecule has 1 heterocycles. The summed E-state index contributed by atoms with van der Waals surface area (Å²) in [6.07, 6.45) is 5.27. The molecule has 0 aliphatic heterocycles. The van der Waals surface area contributed by atoms with E-state index in [4.69, 9.17) is 0 Å². The maximum absolute atomic E-state index is 12.2. The van der Waals surface area contributed by atoms with Gasteiger partial charge in [-0.1, -0.05) is 0 Å². The first-order valence-electron chi connectivity index (χ1n) is 6.60. The van der Waals surface area contributed by atoms with Crippen molar-refractivity contribution in [3.8, 4) is 0 Å². The van der Waals surface area contributed by atoms with Gasteiger partial charge in [0.2, 0.25) is 0 Å². The molecule has 106 valence electrons. The van der Waals surface area contributed by atoms with Crippen molar-refractivity contribution in [3.63, 3.8) is 0 Å². The van der Waals surface area contributed by atoms with Gasteiger partial charge in [0, 0.05) is 12.1 Å². The van der Waals surface area contributed by atoms with Crippen LogP contribution >= 0.6 is 15.9 Å². The molecule has 6 heteroatoms. The molecule has 0 spiro atoms. The van der Waals surface area contributed by atoms with Crippen LogP contribution in [-0.4, -0.2) is 40.9 Å². The highest BCUT2D eigenvalue weighted by Crippen LogP contribution is 2.35. The van der Waals surface area contributed by atoms with Gasteiger partial charge in [0.1, 0.15) is 4.47 Å². The highest BCUT2D eigenvalue weighted by Gasteiger charge is 2.32. The lowest BCUT2D eigenvalue weighted by Gasteiger charge is -2.40. The molecule has 19 heavy (non-hydrogen) atoms. The van der Waals surface area contributed by atoms with Gasteiger partial charge in [-0.25, -0.2) is 4.68 Å². The van der Waals surface area contributed by atoms with E-state index in [0.29, 0.717) is 11.0 Å². The summed E-state index contributed by atoms with van der Waals surface area (Å²) in [4.78, 5) is 14.2. The van der Waals surface area contributed by atoms with E-state index in [-0.39, 0.29) is 11.1 Å². The second-order valence-electron chi connectivity index (χ2n) is 5.74. The molecule has 1 fully saturated rings. The number of rotatable bonds is 5. The van der Waals surface area contributed by atoms with Gasteiger partial charge < -0.3 is 10.2 Å². The summed E-state index contributed by atoms with van der Waals surface area (Å²) in [6.45, 7) is 3.58. The van der Waals surface area contributed by atoms with Crippen LogP contribution in [0.25, 0.3) is 0 Å². The number of likely N-dealkylation sites (N-methyl/N-ethyl adjacent to an activating group) is 1. The summed E-state index contributed by atoms with van der Waals surface area (Å²) in [5.41, 5.74) is 0.843. The van der Waals surface area contributed by atoms with Crippen LogP contribution in [0.5, 0.6) is 0 Å². The zero-order valence-electron chi connectivity index (χ0n) is 11.7. The fourth-order valence-electron chi connectivity index (χ4n) is 2.16. The standard InChI is InChI=1S/C13H21BrN4O/c1-13(5-4-6-13)16-10-9-15-18(8-7-17(2)3)12(19)11(10)14/h9,16H,4-8H2,1-3H3. The Morgan fingerprint density at radius 2 is 2.21 bits per heavy atom. The van der Waals surface area contributed by atoms with Crippen LogP contribution in [0.1, 0.15) is 26.2 Å². The molecule has 0 bridgehead atoms. The molecule has 0 unspecified atom stereocenters. The van der Waals surface area contributed by atoms with Gasteiger partial charge in [0.25, 0.3) is 5.56 Å². The lowest BCUT2D eigenvalue weighted by molar-refractivity contribution is 0.306. The van der Waals surface area contributed by atoms with Gasteiger partial charge >= 0.3 is 0 Å². The second-order valence-corrected chi connectivity index (χ2v) is 6.54. The number of nitrogens with one attached hydrogen (secondary N) is 1. The van der Waals surface area contributed by atoms with E-state index < -0.39 is 0 Å². The summed E-state index contributed by atoms with van der Waals surface area (Å²) in [7, 11) is 3.96. The Kier molecular flexibility index (Phi) is 4.30. The normalized spacial score (nSPS) is 17.3. The Balaban J connectivity index is 2.15. The largest absolute Gasteiger partial charge is 0.378 e. The van der Waals surface area contributed by atoms with Crippen molar-refractivity contribution in [2.45, 2.75) is 38.3 Å². The van der Waals surface area contributed by atoms with Crippen molar-refractivity contribution in [2.75, 3.05) is 26.0 Å². The fraction of sp³-hybridized carbons (Fsp3) is 0.692. The van der Waals surface area contributed by atoms with Crippen LogP contribution in [0.3, 0.4) is 0 Å². The van der Waals surface area contributed by atoms with Crippen molar-refractivity contribution in [1.29, 1.82) is 0 Å². The van der Waals surface area contributed by atoms with Crippen molar-refractivity contribution in [3.05, 3.63) is 21.0 Å². The molecular weight excluding hydrogens is 308 g/mol. The van der Waals surface area contributed by atoms with Gasteiger partial charge in [-0.3, -0.25) is 4.79 Å². The predicted octanol–water partition coefficient (Wildman–Crippen LogP) is 1.92. The van der Waals surface area contributed by atoms with Crippen LogP contribution in [-0.2, 0) is 6.54 Å². The Morgan fingerprint density at radius 1 is 1.53 bits per heavy atom. The number of halogens is 1. The molecule has 0 saturated heterocycles.